The van der Waals surface area contributed by atoms with Gasteiger partial charge >= 0.3 is 0 Å². The van der Waals surface area contributed by atoms with Crippen molar-refractivity contribution in [3.05, 3.63) is 34.9 Å². The zero-order valence-electron chi connectivity index (χ0n) is 9.21. The molecule has 0 radical (unpaired) electrons. The van der Waals surface area contributed by atoms with E-state index in [0.717, 1.165) is 18.4 Å². The third kappa shape index (κ3) is 4.64. The van der Waals surface area contributed by atoms with E-state index in [1.54, 1.807) is 0 Å². The summed E-state index contributed by atoms with van der Waals surface area (Å²) in [7, 11) is 0. The molecule has 1 rings (SSSR count). The summed E-state index contributed by atoms with van der Waals surface area (Å²) in [4.78, 5) is 11.4. The Kier molecular flexibility index (Phi) is 5.90. The lowest BCUT2D eigenvalue weighted by atomic mass is 10.2. The van der Waals surface area contributed by atoms with Gasteiger partial charge in [0.25, 0.3) is 0 Å². The summed E-state index contributed by atoms with van der Waals surface area (Å²) < 4.78 is 0. The molecule has 0 spiro atoms. The van der Waals surface area contributed by atoms with Crippen molar-refractivity contribution >= 4 is 17.5 Å². The Labute approximate surface area is 101 Å². The molecule has 0 saturated carbocycles. The molecule has 4 heteroatoms. The number of carbonyl (C=O) groups excluding carboxylic acids is 1. The highest BCUT2D eigenvalue weighted by atomic mass is 35.5. The Hall–Kier alpha value is -1.06. The van der Waals surface area contributed by atoms with Crippen LogP contribution < -0.4 is 11.1 Å². The summed E-state index contributed by atoms with van der Waals surface area (Å²) in [5.41, 5.74) is 6.29. The molecule has 0 atom stereocenters. The molecule has 0 bridgehead atoms. The molecule has 3 N–H and O–H groups in total. The second-order valence-electron chi connectivity index (χ2n) is 3.61. The van der Waals surface area contributed by atoms with Crippen LogP contribution in [0.4, 0.5) is 0 Å². The first kappa shape index (κ1) is 13.0. The zero-order chi connectivity index (χ0) is 11.8. The molecule has 0 fully saturated rings. The van der Waals surface area contributed by atoms with E-state index < -0.39 is 0 Å². The molecule has 1 aromatic carbocycles. The fraction of sp³-hybridized carbons (Fsp3) is 0.417. The van der Waals surface area contributed by atoms with Crippen LogP contribution in [0, 0.1) is 0 Å². The summed E-state index contributed by atoms with van der Waals surface area (Å²) in [6, 6.07) is 7.50. The summed E-state index contributed by atoms with van der Waals surface area (Å²) in [5.74, 6) is 0.0494. The molecule has 0 unspecified atom stereocenters. The number of halogens is 1. The molecule has 16 heavy (non-hydrogen) atoms. The van der Waals surface area contributed by atoms with Crippen LogP contribution in [0.2, 0.25) is 5.02 Å². The topological polar surface area (TPSA) is 55.1 Å². The lowest BCUT2D eigenvalue weighted by Gasteiger charge is -2.06. The maximum absolute atomic E-state index is 11.4. The number of carbonyl (C=O) groups is 1. The molecular weight excluding hydrogens is 224 g/mol. The van der Waals surface area contributed by atoms with Gasteiger partial charge in [0.1, 0.15) is 0 Å². The number of amides is 1. The highest BCUT2D eigenvalue weighted by molar-refractivity contribution is 6.31. The molecule has 1 amide bonds. The van der Waals surface area contributed by atoms with E-state index in [-0.39, 0.29) is 5.91 Å². The maximum atomic E-state index is 11.4. The van der Waals surface area contributed by atoms with Gasteiger partial charge in [-0.1, -0.05) is 29.8 Å². The van der Waals surface area contributed by atoms with Crippen LogP contribution >= 0.6 is 11.6 Å². The molecule has 0 aromatic heterocycles. The molecular formula is C12H17ClN2O. The Morgan fingerprint density at radius 3 is 2.75 bits per heavy atom. The van der Waals surface area contributed by atoms with Crippen molar-refractivity contribution in [2.45, 2.75) is 25.8 Å². The van der Waals surface area contributed by atoms with E-state index in [1.807, 2.05) is 24.3 Å². The van der Waals surface area contributed by atoms with Crippen LogP contribution in [0.1, 0.15) is 24.8 Å². The third-order valence-corrected chi connectivity index (χ3v) is 2.66. The third-order valence-electron chi connectivity index (χ3n) is 2.29. The number of rotatable bonds is 6. The van der Waals surface area contributed by atoms with Gasteiger partial charge in [-0.25, -0.2) is 0 Å². The predicted molar refractivity (Wildman–Crippen MR) is 66.2 cm³/mol. The molecule has 0 aliphatic carbocycles. The maximum Gasteiger partial charge on any atom is 0.220 e. The fourth-order valence-corrected chi connectivity index (χ4v) is 1.56. The first-order valence-electron chi connectivity index (χ1n) is 5.44. The highest BCUT2D eigenvalue weighted by Crippen LogP contribution is 2.14. The number of nitrogens with one attached hydrogen (secondary N) is 1. The average molecular weight is 241 g/mol. The summed E-state index contributed by atoms with van der Waals surface area (Å²) in [6.07, 6.45) is 2.26. The van der Waals surface area contributed by atoms with E-state index >= 15 is 0 Å². The van der Waals surface area contributed by atoms with Crippen molar-refractivity contribution in [2.75, 3.05) is 6.54 Å². The molecule has 0 saturated heterocycles. The van der Waals surface area contributed by atoms with Crippen LogP contribution in [-0.2, 0) is 11.3 Å². The monoisotopic (exact) mass is 240 g/mol. The van der Waals surface area contributed by atoms with E-state index in [0.29, 0.717) is 24.5 Å². The standard InChI is InChI=1S/C12H17ClN2O/c13-11-6-2-1-5-10(11)9-15-12(16)7-3-4-8-14/h1-2,5-6H,3-4,7-9,14H2,(H,15,16). The van der Waals surface area contributed by atoms with Gasteiger partial charge in [0.2, 0.25) is 5.91 Å². The minimum Gasteiger partial charge on any atom is -0.352 e. The first-order chi connectivity index (χ1) is 7.74. The van der Waals surface area contributed by atoms with Crippen LogP contribution in [-0.4, -0.2) is 12.5 Å². The number of benzene rings is 1. The summed E-state index contributed by atoms with van der Waals surface area (Å²) >= 11 is 5.97. The van der Waals surface area contributed by atoms with Gasteiger partial charge in [0, 0.05) is 18.0 Å². The highest BCUT2D eigenvalue weighted by Gasteiger charge is 2.02. The largest absolute Gasteiger partial charge is 0.352 e. The van der Waals surface area contributed by atoms with Crippen molar-refractivity contribution in [3.63, 3.8) is 0 Å². The summed E-state index contributed by atoms with van der Waals surface area (Å²) in [5, 5.41) is 3.52. The first-order valence-corrected chi connectivity index (χ1v) is 5.82. The Morgan fingerprint density at radius 1 is 1.31 bits per heavy atom. The van der Waals surface area contributed by atoms with Gasteiger partial charge in [-0.15, -0.1) is 0 Å². The molecule has 3 nitrogen and oxygen atoms in total. The van der Waals surface area contributed by atoms with Gasteiger partial charge in [-0.3, -0.25) is 4.79 Å². The molecule has 1 aromatic rings. The van der Waals surface area contributed by atoms with Gasteiger partial charge in [0.05, 0.1) is 0 Å². The van der Waals surface area contributed by atoms with Crippen molar-refractivity contribution < 1.29 is 4.79 Å². The van der Waals surface area contributed by atoms with E-state index in [9.17, 15) is 4.79 Å². The number of hydrogen-bond acceptors (Lipinski definition) is 2. The molecule has 0 aliphatic heterocycles. The van der Waals surface area contributed by atoms with Crippen LogP contribution in [0.25, 0.3) is 0 Å². The van der Waals surface area contributed by atoms with Crippen LogP contribution in [0.15, 0.2) is 24.3 Å². The lowest BCUT2D eigenvalue weighted by Crippen LogP contribution is -2.22. The average Bonchev–Trinajstić information content (AvgIpc) is 2.28. The van der Waals surface area contributed by atoms with Crippen LogP contribution in [0.3, 0.4) is 0 Å². The fourth-order valence-electron chi connectivity index (χ4n) is 1.35. The second kappa shape index (κ2) is 7.25. The van der Waals surface area contributed by atoms with Gasteiger partial charge < -0.3 is 11.1 Å². The Balaban J connectivity index is 2.29. The number of nitrogens with two attached hydrogens (primary N) is 1. The quantitative estimate of drug-likeness (QED) is 0.748. The lowest BCUT2D eigenvalue weighted by molar-refractivity contribution is -0.121. The van der Waals surface area contributed by atoms with Crippen molar-refractivity contribution in [3.8, 4) is 0 Å². The van der Waals surface area contributed by atoms with E-state index in [4.69, 9.17) is 17.3 Å². The Morgan fingerprint density at radius 2 is 2.06 bits per heavy atom. The van der Waals surface area contributed by atoms with Gasteiger partial charge in [-0.2, -0.15) is 0 Å². The minimum absolute atomic E-state index is 0.0494. The zero-order valence-corrected chi connectivity index (χ0v) is 9.96. The van der Waals surface area contributed by atoms with E-state index in [2.05, 4.69) is 5.32 Å². The molecule has 0 heterocycles. The normalized spacial score (nSPS) is 10.1. The second-order valence-corrected chi connectivity index (χ2v) is 4.02. The number of unbranched alkanes of at least 4 members (excludes halogenated alkanes) is 1. The summed E-state index contributed by atoms with van der Waals surface area (Å²) in [6.45, 7) is 1.12. The van der Waals surface area contributed by atoms with Gasteiger partial charge in [0.15, 0.2) is 0 Å². The van der Waals surface area contributed by atoms with Crippen LogP contribution in [0.5, 0.6) is 0 Å². The van der Waals surface area contributed by atoms with Crippen molar-refractivity contribution in [1.82, 2.24) is 5.32 Å². The van der Waals surface area contributed by atoms with Gasteiger partial charge in [-0.05, 0) is 31.0 Å². The van der Waals surface area contributed by atoms with Crippen molar-refractivity contribution in [1.29, 1.82) is 0 Å². The minimum atomic E-state index is 0.0494. The molecule has 0 aliphatic rings. The SMILES string of the molecule is NCCCCC(=O)NCc1ccccc1Cl. The van der Waals surface area contributed by atoms with Crippen molar-refractivity contribution in [2.24, 2.45) is 5.73 Å². The van der Waals surface area contributed by atoms with E-state index in [1.165, 1.54) is 0 Å². The molecule has 88 valence electrons. The number of hydrogen-bond donors (Lipinski definition) is 2. The smallest absolute Gasteiger partial charge is 0.220 e. The Bertz CT molecular complexity index is 342. The predicted octanol–water partition coefficient (Wildman–Crippen LogP) is 2.09.